The molecule has 0 amide bonds. The quantitative estimate of drug-likeness (QED) is 0.838. The standard InChI is InChI=1S/C18H20F2N4O3/c1-18(2,8-19)24-7-12(17(26)27)14(25)11-4-13(20)16(22-15(11)24)23-6-9-3-10(23)5-21-9/h4,7,9-10,21H,3,5-6,8H2,1-2H3,(H,26,27)/t9?,10-/m1/s1. The average Bonchev–Trinajstić information content (AvgIpc) is 3.24. The van der Waals surface area contributed by atoms with Gasteiger partial charge in [-0.25, -0.2) is 18.6 Å². The van der Waals surface area contributed by atoms with Crippen LogP contribution in [-0.4, -0.2) is 52.5 Å². The van der Waals surface area contributed by atoms with Crippen LogP contribution < -0.4 is 15.6 Å². The SMILES string of the molecule is CC(C)(CF)n1cc(C(=O)O)c(=O)c2cc(F)c(N3CC4C[C@@H]3CN4)nc21. The van der Waals surface area contributed by atoms with Crippen LogP contribution in [0.2, 0.25) is 0 Å². The largest absolute Gasteiger partial charge is 0.477 e. The first kappa shape index (κ1) is 17.8. The molecular weight excluding hydrogens is 358 g/mol. The minimum Gasteiger partial charge on any atom is -0.477 e. The number of hydrogen-bond donors (Lipinski definition) is 2. The van der Waals surface area contributed by atoms with E-state index in [1.54, 1.807) is 13.8 Å². The summed E-state index contributed by atoms with van der Waals surface area (Å²) < 4.78 is 29.8. The van der Waals surface area contributed by atoms with Crippen molar-refractivity contribution in [1.29, 1.82) is 0 Å². The number of nitrogens with zero attached hydrogens (tertiary/aromatic N) is 3. The van der Waals surface area contributed by atoms with Crippen LogP contribution in [0.25, 0.3) is 11.0 Å². The van der Waals surface area contributed by atoms with Gasteiger partial charge in [-0.2, -0.15) is 0 Å². The van der Waals surface area contributed by atoms with Crippen molar-refractivity contribution in [3.8, 4) is 0 Å². The number of aromatic carboxylic acids is 1. The Morgan fingerprint density at radius 2 is 2.22 bits per heavy atom. The van der Waals surface area contributed by atoms with Gasteiger partial charge < -0.3 is 19.9 Å². The summed E-state index contributed by atoms with van der Waals surface area (Å²) >= 11 is 0. The Kier molecular flexibility index (Phi) is 3.95. The van der Waals surface area contributed by atoms with Gasteiger partial charge in [0.15, 0.2) is 11.6 Å². The summed E-state index contributed by atoms with van der Waals surface area (Å²) in [6, 6.07) is 1.41. The van der Waals surface area contributed by atoms with E-state index in [1.165, 1.54) is 4.57 Å². The number of rotatable bonds is 4. The molecule has 9 heteroatoms. The molecule has 2 aromatic rings. The molecule has 2 aliphatic rings. The Morgan fingerprint density at radius 3 is 2.78 bits per heavy atom. The molecular formula is C18H20F2N4O3. The Bertz CT molecular complexity index is 1000. The molecule has 0 aliphatic carbocycles. The number of carbonyl (C=O) groups is 1. The molecule has 2 aromatic heterocycles. The van der Waals surface area contributed by atoms with E-state index in [-0.39, 0.29) is 28.9 Å². The Morgan fingerprint density at radius 1 is 1.48 bits per heavy atom. The molecule has 0 saturated carbocycles. The maximum Gasteiger partial charge on any atom is 0.341 e. The topological polar surface area (TPSA) is 87.5 Å². The number of piperazine rings is 1. The number of nitrogens with one attached hydrogen (secondary N) is 1. The van der Waals surface area contributed by atoms with Gasteiger partial charge in [-0.1, -0.05) is 0 Å². The van der Waals surface area contributed by atoms with Gasteiger partial charge >= 0.3 is 5.97 Å². The minimum absolute atomic E-state index is 0.0831. The van der Waals surface area contributed by atoms with E-state index in [1.807, 2.05) is 4.90 Å². The lowest BCUT2D eigenvalue weighted by atomic mass is 10.1. The lowest BCUT2D eigenvalue weighted by Crippen LogP contribution is -2.44. The Balaban J connectivity index is 1.99. The normalized spacial score (nSPS) is 22.0. The number of alkyl halides is 1. The summed E-state index contributed by atoms with van der Waals surface area (Å²) in [5.41, 5.74) is -2.43. The Labute approximate surface area is 153 Å². The fourth-order valence-corrected chi connectivity index (χ4v) is 3.91. The maximum absolute atomic E-state index is 14.8. The zero-order valence-corrected chi connectivity index (χ0v) is 15.0. The molecule has 27 heavy (non-hydrogen) atoms. The number of anilines is 1. The predicted molar refractivity (Wildman–Crippen MR) is 95.8 cm³/mol. The second-order valence-electron chi connectivity index (χ2n) is 7.81. The molecule has 2 bridgehead atoms. The first-order valence-corrected chi connectivity index (χ1v) is 8.78. The van der Waals surface area contributed by atoms with Crippen LogP contribution in [0.1, 0.15) is 30.6 Å². The molecule has 4 rings (SSSR count). The van der Waals surface area contributed by atoms with Gasteiger partial charge in [-0.05, 0) is 26.3 Å². The van der Waals surface area contributed by atoms with Crippen molar-refractivity contribution in [2.45, 2.75) is 37.9 Å². The molecule has 0 spiro atoms. The van der Waals surface area contributed by atoms with Gasteiger partial charge in [-0.15, -0.1) is 0 Å². The van der Waals surface area contributed by atoms with Crippen molar-refractivity contribution in [1.82, 2.24) is 14.9 Å². The summed E-state index contributed by atoms with van der Waals surface area (Å²) in [4.78, 5) is 30.2. The monoisotopic (exact) mass is 378 g/mol. The highest BCUT2D eigenvalue weighted by molar-refractivity contribution is 5.92. The van der Waals surface area contributed by atoms with Gasteiger partial charge in [0.2, 0.25) is 5.43 Å². The average molecular weight is 378 g/mol. The number of aromatic nitrogens is 2. The van der Waals surface area contributed by atoms with Crippen molar-refractivity contribution in [3.05, 3.63) is 33.9 Å². The highest BCUT2D eigenvalue weighted by Gasteiger charge is 2.39. The zero-order chi connectivity index (χ0) is 19.5. The molecule has 4 heterocycles. The fourth-order valence-electron chi connectivity index (χ4n) is 3.91. The van der Waals surface area contributed by atoms with Crippen molar-refractivity contribution >= 4 is 22.8 Å². The highest BCUT2D eigenvalue weighted by Crippen LogP contribution is 2.32. The molecule has 2 saturated heterocycles. The van der Waals surface area contributed by atoms with E-state index in [0.717, 1.165) is 25.2 Å². The van der Waals surface area contributed by atoms with E-state index in [0.29, 0.717) is 6.54 Å². The predicted octanol–water partition coefficient (Wildman–Crippen LogP) is 1.49. The van der Waals surface area contributed by atoms with Crippen LogP contribution in [0.4, 0.5) is 14.6 Å². The second kappa shape index (κ2) is 5.98. The van der Waals surface area contributed by atoms with Gasteiger partial charge in [0.25, 0.3) is 0 Å². The molecule has 144 valence electrons. The van der Waals surface area contributed by atoms with Crippen LogP contribution in [0.3, 0.4) is 0 Å². The number of carboxylic acids is 1. The molecule has 7 nitrogen and oxygen atoms in total. The van der Waals surface area contributed by atoms with E-state index in [9.17, 15) is 23.5 Å². The summed E-state index contributed by atoms with van der Waals surface area (Å²) in [6.07, 6.45) is 1.98. The summed E-state index contributed by atoms with van der Waals surface area (Å²) in [6.45, 7) is 3.65. The number of carboxylic acid groups (broad SMARTS) is 1. The van der Waals surface area contributed by atoms with Crippen LogP contribution in [-0.2, 0) is 5.54 Å². The summed E-state index contributed by atoms with van der Waals surface area (Å²) in [5.74, 6) is -2.01. The smallest absolute Gasteiger partial charge is 0.341 e. The summed E-state index contributed by atoms with van der Waals surface area (Å²) in [7, 11) is 0. The third-order valence-corrected chi connectivity index (χ3v) is 5.45. The number of hydrogen-bond acceptors (Lipinski definition) is 5. The van der Waals surface area contributed by atoms with Gasteiger partial charge in [-0.3, -0.25) is 4.79 Å². The third-order valence-electron chi connectivity index (χ3n) is 5.45. The van der Waals surface area contributed by atoms with Crippen molar-refractivity contribution in [2.24, 2.45) is 0 Å². The van der Waals surface area contributed by atoms with Crippen LogP contribution in [0.15, 0.2) is 17.1 Å². The molecule has 2 fully saturated rings. The summed E-state index contributed by atoms with van der Waals surface area (Å²) in [5, 5.41) is 12.5. The van der Waals surface area contributed by atoms with Gasteiger partial charge in [0.1, 0.15) is 17.9 Å². The van der Waals surface area contributed by atoms with E-state index >= 15 is 0 Å². The molecule has 1 unspecified atom stereocenters. The third kappa shape index (κ3) is 2.68. The van der Waals surface area contributed by atoms with Gasteiger partial charge in [0, 0.05) is 31.4 Å². The van der Waals surface area contributed by atoms with Crippen molar-refractivity contribution < 1.29 is 18.7 Å². The molecule has 0 aromatic carbocycles. The fraction of sp³-hybridized carbons (Fsp3) is 0.500. The zero-order valence-electron chi connectivity index (χ0n) is 15.0. The van der Waals surface area contributed by atoms with Crippen LogP contribution in [0.5, 0.6) is 0 Å². The molecule has 2 atom stereocenters. The molecule has 2 aliphatic heterocycles. The Hall–Kier alpha value is -2.55. The van der Waals surface area contributed by atoms with Crippen LogP contribution >= 0.6 is 0 Å². The van der Waals surface area contributed by atoms with E-state index in [4.69, 9.17) is 0 Å². The van der Waals surface area contributed by atoms with Gasteiger partial charge in [0.05, 0.1) is 10.9 Å². The molecule has 2 N–H and O–H groups in total. The number of pyridine rings is 2. The van der Waals surface area contributed by atoms with E-state index in [2.05, 4.69) is 10.3 Å². The number of halogens is 2. The first-order chi connectivity index (χ1) is 12.7. The first-order valence-electron chi connectivity index (χ1n) is 8.78. The number of fused-ring (bicyclic) bond motifs is 3. The molecule has 0 radical (unpaired) electrons. The maximum atomic E-state index is 14.8. The highest BCUT2D eigenvalue weighted by atomic mass is 19.1. The van der Waals surface area contributed by atoms with E-state index < -0.39 is 35.0 Å². The van der Waals surface area contributed by atoms with Crippen molar-refractivity contribution in [3.63, 3.8) is 0 Å². The minimum atomic E-state index is -1.45. The van der Waals surface area contributed by atoms with Crippen LogP contribution in [0, 0.1) is 5.82 Å². The lowest BCUT2D eigenvalue weighted by Gasteiger charge is -2.30. The lowest BCUT2D eigenvalue weighted by molar-refractivity contribution is 0.0694. The van der Waals surface area contributed by atoms with Crippen molar-refractivity contribution in [2.75, 3.05) is 24.7 Å². The second-order valence-corrected chi connectivity index (χ2v) is 7.81.